The summed E-state index contributed by atoms with van der Waals surface area (Å²) >= 11 is 0. The van der Waals surface area contributed by atoms with Crippen molar-refractivity contribution in [2.45, 2.75) is 32.9 Å². The van der Waals surface area contributed by atoms with Crippen LogP contribution in [0.2, 0.25) is 0 Å². The molecule has 0 bridgehead atoms. The maximum absolute atomic E-state index is 12.0. The van der Waals surface area contributed by atoms with Crippen LogP contribution < -0.4 is 10.6 Å². The first-order valence-corrected chi connectivity index (χ1v) is 7.77. The van der Waals surface area contributed by atoms with Gasteiger partial charge in [0, 0.05) is 6.54 Å². The fourth-order valence-corrected chi connectivity index (χ4v) is 2.44. The second-order valence-electron chi connectivity index (χ2n) is 5.54. The second-order valence-corrected chi connectivity index (χ2v) is 5.54. The Hall–Kier alpha value is -2.13. The molecule has 0 aliphatic heterocycles. The Labute approximate surface area is 132 Å². The van der Waals surface area contributed by atoms with Crippen molar-refractivity contribution in [3.63, 3.8) is 0 Å². The number of hydrogen-bond acceptors (Lipinski definition) is 2. The predicted molar refractivity (Wildman–Crippen MR) is 90.7 cm³/mol. The zero-order chi connectivity index (χ0) is 15.9. The summed E-state index contributed by atoms with van der Waals surface area (Å²) in [6.45, 7) is 6.55. The van der Waals surface area contributed by atoms with Gasteiger partial charge in [0.25, 0.3) is 0 Å². The number of aryl methyl sites for hydroxylation is 1. The third kappa shape index (κ3) is 4.18. The van der Waals surface area contributed by atoms with Gasteiger partial charge in [-0.3, -0.25) is 10.1 Å². The van der Waals surface area contributed by atoms with E-state index >= 15 is 0 Å². The van der Waals surface area contributed by atoms with Crippen molar-refractivity contribution < 1.29 is 4.79 Å². The topological polar surface area (TPSA) is 41.1 Å². The quantitative estimate of drug-likeness (QED) is 0.859. The van der Waals surface area contributed by atoms with E-state index in [2.05, 4.69) is 54.0 Å². The summed E-state index contributed by atoms with van der Waals surface area (Å²) in [6.07, 6.45) is 0. The van der Waals surface area contributed by atoms with E-state index in [9.17, 15) is 4.79 Å². The molecule has 116 valence electrons. The Morgan fingerprint density at radius 1 is 1.00 bits per heavy atom. The largest absolute Gasteiger partial charge is 0.355 e. The van der Waals surface area contributed by atoms with Gasteiger partial charge in [-0.25, -0.2) is 0 Å². The Morgan fingerprint density at radius 2 is 1.59 bits per heavy atom. The number of nitrogens with one attached hydrogen (secondary N) is 2. The van der Waals surface area contributed by atoms with Crippen molar-refractivity contribution >= 4 is 5.91 Å². The van der Waals surface area contributed by atoms with Gasteiger partial charge in [-0.2, -0.15) is 0 Å². The highest BCUT2D eigenvalue weighted by Gasteiger charge is 2.20. The van der Waals surface area contributed by atoms with Crippen molar-refractivity contribution in [2.75, 3.05) is 6.54 Å². The number of carbonyl (C=O) groups excluding carboxylic acids is 1. The van der Waals surface area contributed by atoms with Crippen LogP contribution in [0.1, 0.15) is 36.6 Å². The molecule has 2 aromatic rings. The van der Waals surface area contributed by atoms with Gasteiger partial charge in [0.1, 0.15) is 0 Å². The number of hydrogen-bond donors (Lipinski definition) is 2. The van der Waals surface area contributed by atoms with Crippen molar-refractivity contribution in [3.8, 4) is 0 Å². The molecule has 0 spiro atoms. The molecule has 22 heavy (non-hydrogen) atoms. The lowest BCUT2D eigenvalue weighted by Crippen LogP contribution is -2.43. The lowest BCUT2D eigenvalue weighted by molar-refractivity contribution is -0.122. The highest BCUT2D eigenvalue weighted by Crippen LogP contribution is 2.23. The number of rotatable bonds is 6. The van der Waals surface area contributed by atoms with E-state index in [0.717, 1.165) is 11.1 Å². The fourth-order valence-electron chi connectivity index (χ4n) is 2.44. The minimum atomic E-state index is -0.258. The van der Waals surface area contributed by atoms with Gasteiger partial charge in [-0.1, -0.05) is 60.2 Å². The molecule has 2 atom stereocenters. The molecule has 2 aromatic carbocycles. The molecule has 3 nitrogen and oxygen atoms in total. The highest BCUT2D eigenvalue weighted by atomic mass is 16.2. The van der Waals surface area contributed by atoms with Gasteiger partial charge in [-0.05, 0) is 31.9 Å². The molecule has 2 rings (SSSR count). The SMILES string of the molecule is CCNC(=O)[C@@H](C)N[C@@H](c1ccccc1)c1ccc(C)cc1. The summed E-state index contributed by atoms with van der Waals surface area (Å²) < 4.78 is 0. The summed E-state index contributed by atoms with van der Waals surface area (Å²) in [7, 11) is 0. The second kappa shape index (κ2) is 7.76. The van der Waals surface area contributed by atoms with Crippen molar-refractivity contribution in [3.05, 3.63) is 71.3 Å². The van der Waals surface area contributed by atoms with E-state index < -0.39 is 0 Å². The van der Waals surface area contributed by atoms with E-state index in [1.54, 1.807) is 0 Å². The lowest BCUT2D eigenvalue weighted by Gasteiger charge is -2.24. The van der Waals surface area contributed by atoms with Crippen LogP contribution in [0, 0.1) is 6.92 Å². The number of amides is 1. The fraction of sp³-hybridized carbons (Fsp3) is 0.316. The molecule has 2 N–H and O–H groups in total. The van der Waals surface area contributed by atoms with Crippen molar-refractivity contribution in [2.24, 2.45) is 0 Å². The first kappa shape index (κ1) is 16.2. The van der Waals surface area contributed by atoms with E-state index in [-0.39, 0.29) is 18.0 Å². The van der Waals surface area contributed by atoms with Crippen LogP contribution in [0.15, 0.2) is 54.6 Å². The molecule has 0 saturated carbocycles. The Bertz CT molecular complexity index is 593. The van der Waals surface area contributed by atoms with Gasteiger partial charge in [-0.15, -0.1) is 0 Å². The van der Waals surface area contributed by atoms with Gasteiger partial charge >= 0.3 is 0 Å². The predicted octanol–water partition coefficient (Wildman–Crippen LogP) is 3.20. The molecule has 0 aliphatic carbocycles. The van der Waals surface area contributed by atoms with Gasteiger partial charge in [0.05, 0.1) is 12.1 Å². The minimum absolute atomic E-state index is 0.000550. The molecule has 0 heterocycles. The third-order valence-electron chi connectivity index (χ3n) is 3.70. The summed E-state index contributed by atoms with van der Waals surface area (Å²) in [5, 5.41) is 6.30. The summed E-state index contributed by atoms with van der Waals surface area (Å²) in [5.41, 5.74) is 3.54. The van der Waals surface area contributed by atoms with Crippen LogP contribution in [-0.4, -0.2) is 18.5 Å². The Kier molecular flexibility index (Phi) is 5.73. The number of likely N-dealkylation sites (N-methyl/N-ethyl adjacent to an activating group) is 1. The molecule has 0 fully saturated rings. The molecule has 1 amide bonds. The zero-order valence-electron chi connectivity index (χ0n) is 13.5. The van der Waals surface area contributed by atoms with Crippen LogP contribution >= 0.6 is 0 Å². The van der Waals surface area contributed by atoms with E-state index in [4.69, 9.17) is 0 Å². The monoisotopic (exact) mass is 296 g/mol. The molecule has 0 radical (unpaired) electrons. The molecule has 3 heteroatoms. The minimum Gasteiger partial charge on any atom is -0.355 e. The molecule has 0 aromatic heterocycles. The average molecular weight is 296 g/mol. The highest BCUT2D eigenvalue weighted by molar-refractivity contribution is 5.81. The number of carbonyl (C=O) groups is 1. The van der Waals surface area contributed by atoms with Crippen LogP contribution in [0.25, 0.3) is 0 Å². The first-order chi connectivity index (χ1) is 10.6. The standard InChI is InChI=1S/C19H24N2O/c1-4-20-19(22)15(3)21-18(16-8-6-5-7-9-16)17-12-10-14(2)11-13-17/h5-13,15,18,21H,4H2,1-3H3,(H,20,22)/t15-,18+/m1/s1. The molecular formula is C19H24N2O. The van der Waals surface area contributed by atoms with Crippen LogP contribution in [0.4, 0.5) is 0 Å². The molecular weight excluding hydrogens is 272 g/mol. The normalized spacial score (nSPS) is 13.4. The van der Waals surface area contributed by atoms with Gasteiger partial charge in [0.15, 0.2) is 0 Å². The van der Waals surface area contributed by atoms with Gasteiger partial charge < -0.3 is 5.32 Å². The smallest absolute Gasteiger partial charge is 0.236 e. The average Bonchev–Trinajstić information content (AvgIpc) is 2.54. The van der Waals surface area contributed by atoms with E-state index in [0.29, 0.717) is 6.54 Å². The van der Waals surface area contributed by atoms with Crippen LogP contribution in [-0.2, 0) is 4.79 Å². The van der Waals surface area contributed by atoms with Crippen molar-refractivity contribution in [1.82, 2.24) is 10.6 Å². The maximum atomic E-state index is 12.0. The Morgan fingerprint density at radius 3 is 2.18 bits per heavy atom. The molecule has 0 saturated heterocycles. The lowest BCUT2D eigenvalue weighted by atomic mass is 9.97. The maximum Gasteiger partial charge on any atom is 0.236 e. The van der Waals surface area contributed by atoms with E-state index in [1.165, 1.54) is 5.56 Å². The molecule has 0 aliphatic rings. The zero-order valence-corrected chi connectivity index (χ0v) is 13.5. The van der Waals surface area contributed by atoms with Gasteiger partial charge in [0.2, 0.25) is 5.91 Å². The molecule has 0 unspecified atom stereocenters. The van der Waals surface area contributed by atoms with E-state index in [1.807, 2.05) is 32.0 Å². The van der Waals surface area contributed by atoms with Crippen molar-refractivity contribution in [1.29, 1.82) is 0 Å². The first-order valence-electron chi connectivity index (χ1n) is 7.77. The number of benzene rings is 2. The Balaban J connectivity index is 2.26. The summed E-state index contributed by atoms with van der Waals surface area (Å²) in [6, 6.07) is 18.4. The van der Waals surface area contributed by atoms with Crippen LogP contribution in [0.3, 0.4) is 0 Å². The van der Waals surface area contributed by atoms with Crippen LogP contribution in [0.5, 0.6) is 0 Å². The summed E-state index contributed by atoms with van der Waals surface area (Å²) in [4.78, 5) is 12.0. The third-order valence-corrected chi connectivity index (χ3v) is 3.70. The summed E-state index contributed by atoms with van der Waals surface area (Å²) in [5.74, 6) is 0.0237.